The first-order chi connectivity index (χ1) is 10.1. The number of carbonyl (C=O) groups is 1. The molecule has 21 heavy (non-hydrogen) atoms. The van der Waals surface area contributed by atoms with E-state index in [4.69, 9.17) is 5.11 Å². The molecule has 4 nitrogen and oxygen atoms in total. The molecule has 0 spiro atoms. The van der Waals surface area contributed by atoms with Gasteiger partial charge in [-0.15, -0.1) is 11.3 Å². The van der Waals surface area contributed by atoms with Crippen molar-refractivity contribution in [2.75, 3.05) is 11.9 Å². The Morgan fingerprint density at radius 1 is 1.52 bits per heavy atom. The molecule has 0 saturated carbocycles. The van der Waals surface area contributed by atoms with Crippen LogP contribution in [-0.2, 0) is 0 Å². The number of aryl methyl sites for hydroxylation is 1. The smallest absolute Gasteiger partial charge is 0.258 e. The normalized spacial score (nSPS) is 9.86. The van der Waals surface area contributed by atoms with Crippen LogP contribution in [0.25, 0.3) is 0 Å². The highest BCUT2D eigenvalue weighted by molar-refractivity contribution is 7.13. The van der Waals surface area contributed by atoms with E-state index in [9.17, 15) is 9.18 Å². The van der Waals surface area contributed by atoms with Crippen molar-refractivity contribution in [2.45, 2.75) is 13.3 Å². The SMILES string of the molecule is Cc1csc(NC(=O)c2cc(F)ccc2C#CCCO)n1. The highest BCUT2D eigenvalue weighted by atomic mass is 32.1. The number of aliphatic hydroxyl groups is 1. The molecule has 1 aromatic carbocycles. The molecule has 0 bridgehead atoms. The number of hydrogen-bond donors (Lipinski definition) is 2. The molecule has 2 N–H and O–H groups in total. The standard InChI is InChI=1S/C15H13FN2O2S/c1-10-9-21-15(17-10)18-14(20)13-8-12(16)6-5-11(13)4-2-3-7-19/h5-6,8-9,19H,3,7H2,1H3,(H,17,18,20). The Morgan fingerprint density at radius 2 is 2.33 bits per heavy atom. The molecule has 0 aliphatic heterocycles. The first kappa shape index (κ1) is 15.2. The van der Waals surface area contributed by atoms with Crippen molar-refractivity contribution < 1.29 is 14.3 Å². The van der Waals surface area contributed by atoms with Crippen LogP contribution in [0.15, 0.2) is 23.6 Å². The highest BCUT2D eigenvalue weighted by Gasteiger charge is 2.13. The van der Waals surface area contributed by atoms with E-state index in [0.717, 1.165) is 11.8 Å². The zero-order valence-corrected chi connectivity index (χ0v) is 12.1. The molecule has 0 aliphatic carbocycles. The second-order valence-electron chi connectivity index (χ2n) is 4.21. The summed E-state index contributed by atoms with van der Waals surface area (Å²) in [5.74, 6) is 4.51. The number of rotatable bonds is 3. The van der Waals surface area contributed by atoms with Crippen molar-refractivity contribution in [3.8, 4) is 11.8 Å². The minimum atomic E-state index is -0.511. The Morgan fingerprint density at radius 3 is 3.00 bits per heavy atom. The van der Waals surface area contributed by atoms with E-state index in [1.165, 1.54) is 23.5 Å². The minimum absolute atomic E-state index is 0.0614. The molecule has 0 fully saturated rings. The van der Waals surface area contributed by atoms with Gasteiger partial charge in [-0.1, -0.05) is 11.8 Å². The molecule has 6 heteroatoms. The van der Waals surface area contributed by atoms with Crippen molar-refractivity contribution in [1.82, 2.24) is 4.98 Å². The van der Waals surface area contributed by atoms with Crippen LogP contribution in [0.4, 0.5) is 9.52 Å². The zero-order chi connectivity index (χ0) is 15.2. The van der Waals surface area contributed by atoms with Gasteiger partial charge in [-0.05, 0) is 25.1 Å². The third kappa shape index (κ3) is 4.12. The van der Waals surface area contributed by atoms with Crippen LogP contribution in [0, 0.1) is 24.6 Å². The third-order valence-electron chi connectivity index (χ3n) is 2.53. The monoisotopic (exact) mass is 304 g/mol. The number of halogens is 1. The number of carbonyl (C=O) groups excluding carboxylic acids is 1. The van der Waals surface area contributed by atoms with Crippen LogP contribution < -0.4 is 5.32 Å². The lowest BCUT2D eigenvalue weighted by Gasteiger charge is -2.04. The van der Waals surface area contributed by atoms with E-state index in [1.54, 1.807) is 0 Å². The molecule has 2 rings (SSSR count). The van der Waals surface area contributed by atoms with Crippen molar-refractivity contribution >= 4 is 22.4 Å². The van der Waals surface area contributed by atoms with Gasteiger partial charge in [-0.3, -0.25) is 10.1 Å². The second-order valence-corrected chi connectivity index (χ2v) is 5.07. The van der Waals surface area contributed by atoms with Gasteiger partial charge in [0, 0.05) is 17.4 Å². The Balaban J connectivity index is 2.26. The summed E-state index contributed by atoms with van der Waals surface area (Å²) in [6.45, 7) is 1.76. The lowest BCUT2D eigenvalue weighted by Crippen LogP contribution is -2.13. The summed E-state index contributed by atoms with van der Waals surface area (Å²) in [6.07, 6.45) is 0.296. The van der Waals surface area contributed by atoms with Gasteiger partial charge in [0.15, 0.2) is 5.13 Å². The summed E-state index contributed by atoms with van der Waals surface area (Å²) in [6, 6.07) is 3.83. The number of aromatic nitrogens is 1. The lowest BCUT2D eigenvalue weighted by molar-refractivity contribution is 0.102. The molecule has 0 unspecified atom stereocenters. The maximum atomic E-state index is 13.4. The summed E-state index contributed by atoms with van der Waals surface area (Å²) in [4.78, 5) is 16.3. The predicted octanol–water partition coefficient (Wildman–Crippen LogP) is 2.58. The number of nitrogens with one attached hydrogen (secondary N) is 1. The molecular weight excluding hydrogens is 291 g/mol. The Kier molecular flexibility index (Phi) is 5.04. The van der Waals surface area contributed by atoms with Gasteiger partial charge in [-0.2, -0.15) is 0 Å². The number of benzene rings is 1. The van der Waals surface area contributed by atoms with Gasteiger partial charge in [0.25, 0.3) is 5.91 Å². The van der Waals surface area contributed by atoms with Crippen molar-refractivity contribution in [3.05, 3.63) is 46.2 Å². The predicted molar refractivity (Wildman–Crippen MR) is 79.8 cm³/mol. The van der Waals surface area contributed by atoms with Crippen LogP contribution in [0.3, 0.4) is 0 Å². The average Bonchev–Trinajstić information content (AvgIpc) is 2.86. The number of thiazole rings is 1. The van der Waals surface area contributed by atoms with Crippen LogP contribution >= 0.6 is 11.3 Å². The zero-order valence-electron chi connectivity index (χ0n) is 11.3. The summed E-state index contributed by atoms with van der Waals surface area (Å²) in [5.41, 5.74) is 1.36. The van der Waals surface area contributed by atoms with Crippen molar-refractivity contribution in [1.29, 1.82) is 0 Å². The molecule has 108 valence electrons. The van der Waals surface area contributed by atoms with Crippen LogP contribution in [0.2, 0.25) is 0 Å². The molecule has 0 saturated heterocycles. The summed E-state index contributed by atoms with van der Waals surface area (Å²) in [5, 5.41) is 13.6. The quantitative estimate of drug-likeness (QED) is 0.857. The van der Waals surface area contributed by atoms with E-state index in [1.807, 2.05) is 12.3 Å². The average molecular weight is 304 g/mol. The number of aliphatic hydroxyl groups excluding tert-OH is 1. The maximum Gasteiger partial charge on any atom is 0.258 e. The number of nitrogens with zero attached hydrogens (tertiary/aromatic N) is 1. The summed E-state index contributed by atoms with van der Waals surface area (Å²) in [7, 11) is 0. The number of anilines is 1. The van der Waals surface area contributed by atoms with Crippen LogP contribution in [0.1, 0.15) is 28.0 Å². The molecule has 2 aromatic rings. The van der Waals surface area contributed by atoms with Gasteiger partial charge >= 0.3 is 0 Å². The van der Waals surface area contributed by atoms with Gasteiger partial charge < -0.3 is 5.11 Å². The largest absolute Gasteiger partial charge is 0.395 e. The first-order valence-corrected chi connectivity index (χ1v) is 7.11. The molecule has 1 amide bonds. The minimum Gasteiger partial charge on any atom is -0.395 e. The summed E-state index contributed by atoms with van der Waals surface area (Å²) < 4.78 is 13.4. The highest BCUT2D eigenvalue weighted by Crippen LogP contribution is 2.17. The van der Waals surface area contributed by atoms with Gasteiger partial charge in [0.2, 0.25) is 0 Å². The van der Waals surface area contributed by atoms with Crippen LogP contribution in [0.5, 0.6) is 0 Å². The van der Waals surface area contributed by atoms with Gasteiger partial charge in [0.1, 0.15) is 5.82 Å². The topological polar surface area (TPSA) is 62.2 Å². The Hall–Kier alpha value is -2.23. The Bertz CT molecular complexity index is 716. The molecule has 1 heterocycles. The molecule has 1 aromatic heterocycles. The first-order valence-electron chi connectivity index (χ1n) is 6.23. The lowest BCUT2D eigenvalue weighted by atomic mass is 10.1. The van der Waals surface area contributed by atoms with Crippen LogP contribution in [-0.4, -0.2) is 22.6 Å². The third-order valence-corrected chi connectivity index (χ3v) is 3.40. The fourth-order valence-corrected chi connectivity index (χ4v) is 2.29. The van der Waals surface area contributed by atoms with E-state index < -0.39 is 11.7 Å². The molecular formula is C15H13FN2O2S. The fourth-order valence-electron chi connectivity index (χ4n) is 1.60. The van der Waals surface area contributed by atoms with E-state index >= 15 is 0 Å². The van der Waals surface area contributed by atoms with Crippen molar-refractivity contribution in [3.63, 3.8) is 0 Å². The molecule has 0 radical (unpaired) electrons. The summed E-state index contributed by atoms with van der Waals surface area (Å²) >= 11 is 1.30. The van der Waals surface area contributed by atoms with E-state index in [0.29, 0.717) is 17.1 Å². The molecule has 0 atom stereocenters. The van der Waals surface area contributed by atoms with Gasteiger partial charge in [-0.25, -0.2) is 9.37 Å². The number of hydrogen-bond acceptors (Lipinski definition) is 4. The van der Waals surface area contributed by atoms with Crippen molar-refractivity contribution in [2.24, 2.45) is 0 Å². The Labute approximate surface area is 125 Å². The molecule has 0 aliphatic rings. The van der Waals surface area contributed by atoms with E-state index in [2.05, 4.69) is 22.1 Å². The van der Waals surface area contributed by atoms with E-state index in [-0.39, 0.29) is 12.2 Å². The second kappa shape index (κ2) is 6.97. The maximum absolute atomic E-state index is 13.4. The number of amides is 1. The fraction of sp³-hybridized carbons (Fsp3) is 0.200. The van der Waals surface area contributed by atoms with Gasteiger partial charge in [0.05, 0.1) is 17.9 Å².